The molecule has 0 aliphatic carbocycles. The second kappa shape index (κ2) is 8.10. The number of aliphatic hydroxyl groups is 1. The number of hydrogen-bond donors (Lipinski definition) is 3. The Balaban J connectivity index is 2.04. The molecule has 0 amide bonds. The summed E-state index contributed by atoms with van der Waals surface area (Å²) in [6, 6.07) is 9.07. The average molecular weight is 388 g/mol. The van der Waals surface area contributed by atoms with E-state index < -0.39 is 11.7 Å². The summed E-state index contributed by atoms with van der Waals surface area (Å²) >= 11 is 0. The quantitative estimate of drug-likeness (QED) is 0.529. The van der Waals surface area contributed by atoms with Gasteiger partial charge in [-0.05, 0) is 30.3 Å². The third kappa shape index (κ3) is 3.67. The zero-order valence-corrected chi connectivity index (χ0v) is 15.3. The van der Waals surface area contributed by atoms with E-state index in [1.165, 1.54) is 32.4 Å². The highest BCUT2D eigenvalue weighted by atomic mass is 16.5. The number of ether oxygens (including phenoxy) is 3. The summed E-state index contributed by atoms with van der Waals surface area (Å²) < 4.78 is 21.3. The van der Waals surface area contributed by atoms with Crippen LogP contribution >= 0.6 is 0 Å². The molecule has 0 saturated heterocycles. The maximum atomic E-state index is 11.5. The van der Waals surface area contributed by atoms with Gasteiger partial charge in [0.25, 0.3) is 0 Å². The Hall–Kier alpha value is -3.39. The molecule has 0 spiro atoms. The predicted octanol–water partition coefficient (Wildman–Crippen LogP) is 2.72. The molecule has 3 rings (SSSR count). The van der Waals surface area contributed by atoms with Crippen LogP contribution in [0.25, 0.3) is 11.0 Å². The lowest BCUT2D eigenvalue weighted by Crippen LogP contribution is -2.10. The number of phenols is 2. The first-order valence-corrected chi connectivity index (χ1v) is 8.46. The van der Waals surface area contributed by atoms with Gasteiger partial charge in [0.1, 0.15) is 6.10 Å². The lowest BCUT2D eigenvalue weighted by molar-refractivity contribution is 0.151. The van der Waals surface area contributed by atoms with Crippen molar-refractivity contribution in [2.45, 2.75) is 12.5 Å². The van der Waals surface area contributed by atoms with Crippen LogP contribution < -0.4 is 19.8 Å². The number of methoxy groups -OCH3 is 2. The predicted molar refractivity (Wildman–Crippen MR) is 100 cm³/mol. The van der Waals surface area contributed by atoms with E-state index in [0.717, 1.165) is 0 Å². The first-order chi connectivity index (χ1) is 13.5. The van der Waals surface area contributed by atoms with Gasteiger partial charge in [-0.15, -0.1) is 0 Å². The molecule has 0 radical (unpaired) electrons. The number of rotatable bonds is 7. The number of hydrogen-bond acceptors (Lipinski definition) is 8. The van der Waals surface area contributed by atoms with Crippen LogP contribution in [0.2, 0.25) is 0 Å². The number of phenolic OH excluding ortho intramolecular Hbond substituents is 2. The fraction of sp³-hybridized carbons (Fsp3) is 0.250. The van der Waals surface area contributed by atoms with E-state index in [9.17, 15) is 20.1 Å². The summed E-state index contributed by atoms with van der Waals surface area (Å²) in [4.78, 5) is 11.5. The van der Waals surface area contributed by atoms with Crippen molar-refractivity contribution in [2.24, 2.45) is 0 Å². The third-order valence-electron chi connectivity index (χ3n) is 4.26. The second-order valence-corrected chi connectivity index (χ2v) is 5.98. The number of fused-ring (bicyclic) bond motifs is 1. The van der Waals surface area contributed by atoms with Crippen molar-refractivity contribution in [1.82, 2.24) is 0 Å². The minimum Gasteiger partial charge on any atom is -0.502 e. The van der Waals surface area contributed by atoms with E-state index in [1.807, 2.05) is 0 Å². The van der Waals surface area contributed by atoms with Crippen LogP contribution in [0, 0.1) is 0 Å². The average Bonchev–Trinajstić information content (AvgIpc) is 2.70. The molecule has 0 aliphatic rings. The Morgan fingerprint density at radius 1 is 0.964 bits per heavy atom. The van der Waals surface area contributed by atoms with E-state index in [2.05, 4.69) is 0 Å². The van der Waals surface area contributed by atoms with Crippen molar-refractivity contribution in [3.05, 3.63) is 52.4 Å². The molecular weight excluding hydrogens is 368 g/mol. The van der Waals surface area contributed by atoms with Gasteiger partial charge in [-0.1, -0.05) is 0 Å². The zero-order chi connectivity index (χ0) is 20.3. The van der Waals surface area contributed by atoms with Gasteiger partial charge in [0.2, 0.25) is 11.5 Å². The molecule has 3 N–H and O–H groups in total. The maximum absolute atomic E-state index is 11.5. The minimum absolute atomic E-state index is 0.00798. The molecule has 3 aromatic rings. The van der Waals surface area contributed by atoms with Gasteiger partial charge in [-0.25, -0.2) is 4.79 Å². The van der Waals surface area contributed by atoms with Crippen LogP contribution in [0.3, 0.4) is 0 Å². The van der Waals surface area contributed by atoms with Gasteiger partial charge in [0, 0.05) is 30.0 Å². The summed E-state index contributed by atoms with van der Waals surface area (Å²) in [6.07, 6.45) is -0.514. The Kier molecular flexibility index (Phi) is 5.60. The molecule has 8 heteroatoms. The third-order valence-corrected chi connectivity index (χ3v) is 4.26. The second-order valence-electron chi connectivity index (χ2n) is 5.98. The number of aliphatic hydroxyl groups excluding tert-OH is 1. The fourth-order valence-electron chi connectivity index (χ4n) is 2.86. The highest BCUT2D eigenvalue weighted by Gasteiger charge is 2.21. The Morgan fingerprint density at radius 2 is 1.61 bits per heavy atom. The Labute approximate surface area is 160 Å². The summed E-state index contributed by atoms with van der Waals surface area (Å²) in [7, 11) is 2.80. The summed E-state index contributed by atoms with van der Waals surface area (Å²) in [5.74, 6) is -0.0572. The highest BCUT2D eigenvalue weighted by molar-refractivity contribution is 5.84. The van der Waals surface area contributed by atoms with Crippen molar-refractivity contribution in [2.75, 3.05) is 20.8 Å². The molecule has 1 aromatic heterocycles. The van der Waals surface area contributed by atoms with Gasteiger partial charge in [0.15, 0.2) is 22.8 Å². The van der Waals surface area contributed by atoms with Crippen LogP contribution in [-0.2, 0) is 0 Å². The Morgan fingerprint density at radius 3 is 2.21 bits per heavy atom. The first kappa shape index (κ1) is 19.4. The molecule has 1 unspecified atom stereocenters. The van der Waals surface area contributed by atoms with Crippen LogP contribution in [0.1, 0.15) is 18.1 Å². The van der Waals surface area contributed by atoms with Crippen LogP contribution in [0.15, 0.2) is 45.6 Å². The fourth-order valence-corrected chi connectivity index (χ4v) is 2.86. The molecule has 28 heavy (non-hydrogen) atoms. The molecular formula is C20H20O8. The highest BCUT2D eigenvalue weighted by Crippen LogP contribution is 2.42. The summed E-state index contributed by atoms with van der Waals surface area (Å²) in [5, 5.41) is 30.5. The molecule has 0 saturated carbocycles. The monoisotopic (exact) mass is 388 g/mol. The number of aromatic hydroxyl groups is 2. The molecule has 2 aromatic carbocycles. The molecule has 0 bridgehead atoms. The number of benzene rings is 2. The molecule has 148 valence electrons. The summed E-state index contributed by atoms with van der Waals surface area (Å²) in [6.45, 7) is -0.195. The normalized spacial score (nSPS) is 12.0. The Bertz CT molecular complexity index is 1020. The minimum atomic E-state index is -0.702. The van der Waals surface area contributed by atoms with Crippen molar-refractivity contribution < 1.29 is 33.9 Å². The summed E-state index contributed by atoms with van der Waals surface area (Å²) in [5.41, 5.74) is -0.0388. The van der Waals surface area contributed by atoms with Crippen LogP contribution in [0.4, 0.5) is 0 Å². The van der Waals surface area contributed by atoms with Crippen molar-refractivity contribution in [3.8, 4) is 28.7 Å². The zero-order valence-electron chi connectivity index (χ0n) is 15.3. The van der Waals surface area contributed by atoms with Gasteiger partial charge in [-0.2, -0.15) is 0 Å². The van der Waals surface area contributed by atoms with Crippen molar-refractivity contribution in [1.29, 1.82) is 0 Å². The molecule has 0 fully saturated rings. The van der Waals surface area contributed by atoms with Gasteiger partial charge in [0.05, 0.1) is 14.2 Å². The lowest BCUT2D eigenvalue weighted by atomic mass is 10.0. The standard InChI is InChI=1S/C20H20O8/c1-25-15-9-12(10-16(26-2)18(15)23)13(7-8-21)27-14-5-3-11-4-6-17(22)28-20(11)19(14)24/h3-6,9-10,13,21,23-24H,7-8H2,1-2H3. The van der Waals surface area contributed by atoms with Crippen LogP contribution in [0.5, 0.6) is 28.7 Å². The molecule has 0 aliphatic heterocycles. The first-order valence-electron chi connectivity index (χ1n) is 8.46. The largest absolute Gasteiger partial charge is 0.502 e. The SMILES string of the molecule is COc1cc(C(CCO)Oc2ccc3ccc(=O)oc3c2O)cc(OC)c1O. The van der Waals surface area contributed by atoms with E-state index >= 15 is 0 Å². The molecule has 1 atom stereocenters. The smallest absolute Gasteiger partial charge is 0.336 e. The van der Waals surface area contributed by atoms with Gasteiger partial charge < -0.3 is 33.9 Å². The maximum Gasteiger partial charge on any atom is 0.336 e. The van der Waals surface area contributed by atoms with Crippen molar-refractivity contribution in [3.63, 3.8) is 0 Å². The lowest BCUT2D eigenvalue weighted by Gasteiger charge is -2.21. The van der Waals surface area contributed by atoms with E-state index in [1.54, 1.807) is 18.2 Å². The van der Waals surface area contributed by atoms with Crippen molar-refractivity contribution >= 4 is 11.0 Å². The van der Waals surface area contributed by atoms with E-state index in [0.29, 0.717) is 10.9 Å². The molecule has 8 nitrogen and oxygen atoms in total. The van der Waals surface area contributed by atoms with Crippen LogP contribution in [-0.4, -0.2) is 36.1 Å². The molecule has 1 heterocycles. The van der Waals surface area contributed by atoms with Gasteiger partial charge in [-0.3, -0.25) is 0 Å². The van der Waals surface area contributed by atoms with E-state index in [-0.39, 0.29) is 47.4 Å². The van der Waals surface area contributed by atoms with Gasteiger partial charge >= 0.3 is 5.63 Å². The topological polar surface area (TPSA) is 119 Å². The van der Waals surface area contributed by atoms with E-state index in [4.69, 9.17) is 18.6 Å².